The van der Waals surface area contributed by atoms with E-state index in [0.717, 1.165) is 25.9 Å². The quantitative estimate of drug-likeness (QED) is 0.835. The van der Waals surface area contributed by atoms with Crippen LogP contribution in [-0.4, -0.2) is 21.8 Å². The lowest BCUT2D eigenvalue weighted by molar-refractivity contribution is -0.00127. The van der Waals surface area contributed by atoms with Crippen LogP contribution in [0.3, 0.4) is 0 Å². The fraction of sp³-hybridized carbons (Fsp3) is 0.417. The second-order valence-electron chi connectivity index (χ2n) is 4.16. The largest absolute Gasteiger partial charge is 0.416 e. The molecule has 0 N–H and O–H groups in total. The van der Waals surface area contributed by atoms with Gasteiger partial charge in [-0.05, 0) is 31.4 Å². The van der Waals surface area contributed by atoms with Gasteiger partial charge in [-0.2, -0.15) is 0 Å². The van der Waals surface area contributed by atoms with Crippen LogP contribution in [0.4, 0.5) is 0 Å². The van der Waals surface area contributed by atoms with Gasteiger partial charge in [0.15, 0.2) is 0 Å². The molecule has 2 aromatic rings. The fourth-order valence-electron chi connectivity index (χ4n) is 1.91. The minimum absolute atomic E-state index is 0.0766. The lowest BCUT2D eigenvalue weighted by Gasteiger charge is -2.18. The highest BCUT2D eigenvalue weighted by atomic mass is 35.5. The molecule has 1 saturated heterocycles. The molecule has 0 spiro atoms. The maximum Gasteiger partial charge on any atom is 0.266 e. The van der Waals surface area contributed by atoms with E-state index in [1.54, 1.807) is 18.3 Å². The molecule has 3 rings (SSSR count). The van der Waals surface area contributed by atoms with Crippen LogP contribution in [0.2, 0.25) is 5.02 Å². The molecule has 1 aliphatic rings. The first-order valence-electron chi connectivity index (χ1n) is 5.90. The number of ether oxygens (including phenoxy) is 1. The zero-order chi connectivity index (χ0) is 12.4. The Hall–Kier alpha value is -1.46. The van der Waals surface area contributed by atoms with Crippen molar-refractivity contribution >= 4 is 11.6 Å². The van der Waals surface area contributed by atoms with Crippen LogP contribution in [-0.2, 0) is 4.74 Å². The third-order valence-corrected chi connectivity index (χ3v) is 3.07. The van der Waals surface area contributed by atoms with Gasteiger partial charge in [0.25, 0.3) is 5.89 Å². The number of rotatable bonds is 2. The van der Waals surface area contributed by atoms with E-state index in [2.05, 4.69) is 15.2 Å². The highest BCUT2D eigenvalue weighted by Gasteiger charge is 2.22. The van der Waals surface area contributed by atoms with Crippen molar-refractivity contribution in [2.24, 2.45) is 0 Å². The third-order valence-electron chi connectivity index (χ3n) is 2.84. The molecule has 5 nitrogen and oxygen atoms in total. The Bertz CT molecular complexity index is 520. The lowest BCUT2D eigenvalue weighted by atomic mass is 10.1. The summed E-state index contributed by atoms with van der Waals surface area (Å²) in [4.78, 5) is 4.14. The summed E-state index contributed by atoms with van der Waals surface area (Å²) in [6.45, 7) is 0.752. The van der Waals surface area contributed by atoms with E-state index in [1.165, 1.54) is 0 Å². The highest BCUT2D eigenvalue weighted by Crippen LogP contribution is 2.28. The van der Waals surface area contributed by atoms with Crippen LogP contribution >= 0.6 is 11.6 Å². The van der Waals surface area contributed by atoms with Gasteiger partial charge in [0.2, 0.25) is 5.89 Å². The van der Waals surface area contributed by atoms with Crippen molar-refractivity contribution in [2.45, 2.75) is 25.4 Å². The van der Waals surface area contributed by atoms with Crippen molar-refractivity contribution < 1.29 is 9.15 Å². The monoisotopic (exact) mass is 265 g/mol. The molecular weight excluding hydrogens is 254 g/mol. The summed E-state index contributed by atoms with van der Waals surface area (Å²) in [5.74, 6) is 0.928. The molecule has 1 fully saturated rings. The molecule has 6 heteroatoms. The van der Waals surface area contributed by atoms with E-state index < -0.39 is 0 Å². The average Bonchev–Trinajstić information content (AvgIpc) is 2.90. The third kappa shape index (κ3) is 2.37. The number of halogens is 1. The van der Waals surface area contributed by atoms with E-state index in [1.807, 2.05) is 0 Å². The van der Waals surface area contributed by atoms with Crippen LogP contribution < -0.4 is 0 Å². The van der Waals surface area contributed by atoms with Gasteiger partial charge in [0.1, 0.15) is 11.8 Å². The van der Waals surface area contributed by atoms with Gasteiger partial charge in [-0.1, -0.05) is 11.6 Å². The van der Waals surface area contributed by atoms with Crippen molar-refractivity contribution in [1.29, 1.82) is 0 Å². The second-order valence-corrected chi connectivity index (χ2v) is 4.60. The van der Waals surface area contributed by atoms with Gasteiger partial charge in [0, 0.05) is 12.8 Å². The van der Waals surface area contributed by atoms with Crippen LogP contribution in [0.25, 0.3) is 11.6 Å². The van der Waals surface area contributed by atoms with E-state index in [9.17, 15) is 0 Å². The number of pyridine rings is 1. The molecule has 3 heterocycles. The Labute approximate surface area is 109 Å². The molecule has 0 bridgehead atoms. The normalized spacial score (nSPS) is 19.9. The minimum atomic E-state index is -0.0766. The summed E-state index contributed by atoms with van der Waals surface area (Å²) >= 11 is 5.78. The summed E-state index contributed by atoms with van der Waals surface area (Å²) < 4.78 is 11.2. The predicted molar refractivity (Wildman–Crippen MR) is 65.1 cm³/mol. The Morgan fingerprint density at radius 2 is 2.17 bits per heavy atom. The topological polar surface area (TPSA) is 61.0 Å². The van der Waals surface area contributed by atoms with Gasteiger partial charge < -0.3 is 9.15 Å². The van der Waals surface area contributed by atoms with Crippen molar-refractivity contribution in [3.05, 3.63) is 29.2 Å². The predicted octanol–water partition coefficient (Wildman–Crippen LogP) is 3.03. The number of hydrogen-bond acceptors (Lipinski definition) is 5. The molecule has 1 aliphatic heterocycles. The van der Waals surface area contributed by atoms with Gasteiger partial charge in [0.05, 0.1) is 5.02 Å². The number of nitrogens with zero attached hydrogens (tertiary/aromatic N) is 3. The number of hydrogen-bond donors (Lipinski definition) is 0. The molecule has 0 aliphatic carbocycles. The fourth-order valence-corrected chi connectivity index (χ4v) is 2.02. The molecule has 94 valence electrons. The van der Waals surface area contributed by atoms with Gasteiger partial charge in [-0.15, -0.1) is 10.2 Å². The Balaban J connectivity index is 1.82. The molecule has 0 aromatic carbocycles. The number of aromatic nitrogens is 3. The van der Waals surface area contributed by atoms with E-state index >= 15 is 0 Å². The molecule has 1 atom stereocenters. The first kappa shape index (κ1) is 11.6. The highest BCUT2D eigenvalue weighted by molar-refractivity contribution is 6.30. The molecule has 0 amide bonds. The van der Waals surface area contributed by atoms with Crippen LogP contribution in [0.15, 0.2) is 22.7 Å². The van der Waals surface area contributed by atoms with Crippen molar-refractivity contribution in [2.75, 3.05) is 6.61 Å². The van der Waals surface area contributed by atoms with E-state index in [0.29, 0.717) is 22.5 Å². The van der Waals surface area contributed by atoms with Gasteiger partial charge in [-0.25, -0.2) is 4.98 Å². The van der Waals surface area contributed by atoms with E-state index in [-0.39, 0.29) is 6.10 Å². The van der Waals surface area contributed by atoms with Crippen molar-refractivity contribution in [3.63, 3.8) is 0 Å². The van der Waals surface area contributed by atoms with Crippen LogP contribution in [0, 0.1) is 0 Å². The van der Waals surface area contributed by atoms with Crippen molar-refractivity contribution in [3.8, 4) is 11.6 Å². The summed E-state index contributed by atoms with van der Waals surface area (Å²) in [5, 5.41) is 8.59. The average molecular weight is 266 g/mol. The Morgan fingerprint density at radius 1 is 1.22 bits per heavy atom. The zero-order valence-corrected chi connectivity index (χ0v) is 10.4. The summed E-state index contributed by atoms with van der Waals surface area (Å²) in [5.41, 5.74) is 0.619. The first-order chi connectivity index (χ1) is 8.83. The Kier molecular flexibility index (Phi) is 3.25. The molecule has 0 radical (unpaired) electrons. The smallest absolute Gasteiger partial charge is 0.266 e. The van der Waals surface area contributed by atoms with Crippen LogP contribution in [0.5, 0.6) is 0 Å². The molecule has 1 unspecified atom stereocenters. The van der Waals surface area contributed by atoms with E-state index in [4.69, 9.17) is 20.8 Å². The zero-order valence-electron chi connectivity index (χ0n) is 9.67. The first-order valence-corrected chi connectivity index (χ1v) is 6.27. The molecule has 2 aromatic heterocycles. The molecule has 0 saturated carbocycles. The molecular formula is C12H12ClN3O2. The summed E-state index contributed by atoms with van der Waals surface area (Å²) in [6.07, 6.45) is 4.62. The minimum Gasteiger partial charge on any atom is -0.416 e. The second kappa shape index (κ2) is 5.04. The molecule has 18 heavy (non-hydrogen) atoms. The Morgan fingerprint density at radius 3 is 2.89 bits per heavy atom. The summed E-state index contributed by atoms with van der Waals surface area (Å²) in [7, 11) is 0. The van der Waals surface area contributed by atoms with Gasteiger partial charge >= 0.3 is 0 Å². The lowest BCUT2D eigenvalue weighted by Crippen LogP contribution is -2.11. The maximum atomic E-state index is 5.78. The standard InChI is InChI=1S/C12H12ClN3O2/c13-8-4-5-9(14-7-8)11-15-16-12(18-11)10-3-1-2-6-17-10/h4-5,7,10H,1-3,6H2. The van der Waals surface area contributed by atoms with Gasteiger partial charge in [-0.3, -0.25) is 0 Å². The SMILES string of the molecule is Clc1ccc(-c2nnc(C3CCCCO3)o2)nc1. The van der Waals surface area contributed by atoms with Crippen molar-refractivity contribution in [1.82, 2.24) is 15.2 Å². The maximum absolute atomic E-state index is 5.78. The van der Waals surface area contributed by atoms with Crippen LogP contribution in [0.1, 0.15) is 31.3 Å². The summed E-state index contributed by atoms with van der Waals surface area (Å²) in [6, 6.07) is 3.49.